The molecule has 10 heteroatoms. The molecule has 154 valence electrons. The third-order valence-electron chi connectivity index (χ3n) is 4.73. The number of aliphatic hydroxyl groups is 1. The van der Waals surface area contributed by atoms with Crippen molar-refractivity contribution in [2.45, 2.75) is 6.04 Å². The summed E-state index contributed by atoms with van der Waals surface area (Å²) in [5.41, 5.74) is -0.281. The number of carbonyl (C=O) groups excluding carboxylic acids is 2. The van der Waals surface area contributed by atoms with Crippen LogP contribution in [-0.2, 0) is 9.59 Å². The monoisotopic (exact) mass is 420 g/mol. The van der Waals surface area contributed by atoms with Gasteiger partial charge in [-0.15, -0.1) is 0 Å². The van der Waals surface area contributed by atoms with E-state index in [2.05, 4.69) is 9.97 Å². The third kappa shape index (κ3) is 3.50. The van der Waals surface area contributed by atoms with Crippen molar-refractivity contribution >= 4 is 29.1 Å². The lowest BCUT2D eigenvalue weighted by atomic mass is 9.95. The molecule has 1 amide bonds. The summed E-state index contributed by atoms with van der Waals surface area (Å²) in [7, 11) is 0. The number of aromatic nitrogens is 2. The standard InChI is InChI=1S/C21H13FN4O5/c22-14-7-5-12(6-8-14)18(27)16-17(13-3-1-4-15(11-13)26(30)31)25(20(29)19(16)28)21-23-9-2-10-24-21/h1-11,17,27H/t17-/m0/s1. The maximum Gasteiger partial charge on any atom is 0.302 e. The fraction of sp³-hybridized carbons (Fsp3) is 0.0476. The van der Waals surface area contributed by atoms with Gasteiger partial charge in [0, 0.05) is 30.1 Å². The number of non-ortho nitro benzene ring substituents is 1. The summed E-state index contributed by atoms with van der Waals surface area (Å²) in [4.78, 5) is 45.4. The number of benzene rings is 2. The molecule has 1 aliphatic rings. The minimum Gasteiger partial charge on any atom is -0.507 e. The highest BCUT2D eigenvalue weighted by Crippen LogP contribution is 2.41. The number of rotatable bonds is 4. The van der Waals surface area contributed by atoms with Gasteiger partial charge in [-0.25, -0.2) is 14.4 Å². The average molecular weight is 420 g/mol. The molecular weight excluding hydrogens is 407 g/mol. The number of amides is 1. The molecule has 0 unspecified atom stereocenters. The zero-order chi connectivity index (χ0) is 22.1. The van der Waals surface area contributed by atoms with Gasteiger partial charge in [-0.1, -0.05) is 12.1 Å². The van der Waals surface area contributed by atoms with Gasteiger partial charge in [0.1, 0.15) is 11.6 Å². The molecule has 2 aromatic carbocycles. The Morgan fingerprint density at radius 1 is 1.06 bits per heavy atom. The maximum absolute atomic E-state index is 13.3. The zero-order valence-electron chi connectivity index (χ0n) is 15.7. The van der Waals surface area contributed by atoms with Crippen LogP contribution in [0.2, 0.25) is 0 Å². The fourth-order valence-electron chi connectivity index (χ4n) is 3.34. The van der Waals surface area contributed by atoms with E-state index in [-0.39, 0.29) is 28.3 Å². The van der Waals surface area contributed by atoms with Gasteiger partial charge in [0.2, 0.25) is 5.95 Å². The Kier molecular flexibility index (Phi) is 4.96. The molecule has 1 N–H and O–H groups in total. The first kappa shape index (κ1) is 19.8. The Balaban J connectivity index is 1.96. The third-order valence-corrected chi connectivity index (χ3v) is 4.73. The number of hydrogen-bond donors (Lipinski definition) is 1. The van der Waals surface area contributed by atoms with Gasteiger partial charge >= 0.3 is 5.91 Å². The summed E-state index contributed by atoms with van der Waals surface area (Å²) in [5, 5.41) is 22.1. The molecule has 0 bridgehead atoms. The number of nitro groups is 1. The van der Waals surface area contributed by atoms with E-state index in [1.807, 2.05) is 0 Å². The number of Topliss-reactive ketones (excluding diaryl/α,β-unsaturated/α-hetero) is 1. The van der Waals surface area contributed by atoms with Gasteiger partial charge < -0.3 is 5.11 Å². The second-order valence-electron chi connectivity index (χ2n) is 6.58. The summed E-state index contributed by atoms with van der Waals surface area (Å²) < 4.78 is 13.3. The van der Waals surface area contributed by atoms with Crippen LogP contribution in [0, 0.1) is 15.9 Å². The first-order valence-electron chi connectivity index (χ1n) is 8.97. The van der Waals surface area contributed by atoms with Gasteiger partial charge in [-0.3, -0.25) is 24.6 Å². The molecule has 4 rings (SSSR count). The van der Waals surface area contributed by atoms with E-state index >= 15 is 0 Å². The number of anilines is 1. The van der Waals surface area contributed by atoms with Crippen molar-refractivity contribution in [3.05, 3.63) is 99.6 Å². The van der Waals surface area contributed by atoms with Crippen LogP contribution in [0.3, 0.4) is 0 Å². The Labute approximate surface area is 174 Å². The largest absolute Gasteiger partial charge is 0.507 e. The summed E-state index contributed by atoms with van der Waals surface area (Å²) in [6.45, 7) is 0. The van der Waals surface area contributed by atoms with E-state index in [1.54, 1.807) is 0 Å². The second kappa shape index (κ2) is 7.75. The van der Waals surface area contributed by atoms with Crippen LogP contribution in [-0.4, -0.2) is 31.7 Å². The number of ketones is 1. The molecule has 3 aromatic rings. The lowest BCUT2D eigenvalue weighted by molar-refractivity contribution is -0.384. The summed E-state index contributed by atoms with van der Waals surface area (Å²) in [6.07, 6.45) is 2.73. The predicted octanol–water partition coefficient (Wildman–Crippen LogP) is 3.15. The van der Waals surface area contributed by atoms with Crippen LogP contribution >= 0.6 is 0 Å². The molecule has 1 aliphatic heterocycles. The molecule has 1 saturated heterocycles. The minimum atomic E-state index is -1.23. The topological polar surface area (TPSA) is 127 Å². The van der Waals surface area contributed by atoms with Crippen LogP contribution in [0.4, 0.5) is 16.0 Å². The van der Waals surface area contributed by atoms with Crippen LogP contribution in [0.25, 0.3) is 5.76 Å². The highest BCUT2D eigenvalue weighted by Gasteiger charge is 2.48. The van der Waals surface area contributed by atoms with Crippen molar-refractivity contribution in [3.63, 3.8) is 0 Å². The van der Waals surface area contributed by atoms with Gasteiger partial charge in [0.05, 0.1) is 16.5 Å². The van der Waals surface area contributed by atoms with E-state index in [0.29, 0.717) is 0 Å². The molecule has 0 saturated carbocycles. The molecule has 31 heavy (non-hydrogen) atoms. The van der Waals surface area contributed by atoms with E-state index in [4.69, 9.17) is 0 Å². The molecule has 1 fully saturated rings. The van der Waals surface area contributed by atoms with Crippen molar-refractivity contribution in [1.29, 1.82) is 0 Å². The van der Waals surface area contributed by atoms with Crippen LogP contribution in [0.5, 0.6) is 0 Å². The van der Waals surface area contributed by atoms with Crippen molar-refractivity contribution in [3.8, 4) is 0 Å². The number of nitrogens with zero attached hydrogens (tertiary/aromatic N) is 4. The van der Waals surface area contributed by atoms with Gasteiger partial charge in [-0.05, 0) is 35.9 Å². The Morgan fingerprint density at radius 2 is 1.74 bits per heavy atom. The van der Waals surface area contributed by atoms with Crippen LogP contribution in [0.15, 0.2) is 72.6 Å². The predicted molar refractivity (Wildman–Crippen MR) is 106 cm³/mol. The smallest absolute Gasteiger partial charge is 0.302 e. The quantitative estimate of drug-likeness (QED) is 0.226. The van der Waals surface area contributed by atoms with Crippen molar-refractivity contribution < 1.29 is 24.0 Å². The number of aliphatic hydroxyl groups excluding tert-OH is 1. The summed E-state index contributed by atoms with van der Waals surface area (Å²) in [6, 6.07) is 10.3. The fourth-order valence-corrected chi connectivity index (χ4v) is 3.34. The SMILES string of the molecule is O=C1C(=O)N(c2ncccn2)[C@@H](c2cccc([N+](=O)[O-])c2)C1=C(O)c1ccc(F)cc1. The molecule has 0 aliphatic carbocycles. The second-order valence-corrected chi connectivity index (χ2v) is 6.58. The molecule has 2 heterocycles. The van der Waals surface area contributed by atoms with Gasteiger partial charge in [-0.2, -0.15) is 0 Å². The zero-order valence-corrected chi connectivity index (χ0v) is 15.7. The Morgan fingerprint density at radius 3 is 2.39 bits per heavy atom. The first-order chi connectivity index (χ1) is 14.9. The molecule has 1 atom stereocenters. The molecule has 0 spiro atoms. The highest BCUT2D eigenvalue weighted by atomic mass is 19.1. The van der Waals surface area contributed by atoms with E-state index < -0.39 is 34.2 Å². The molecular formula is C21H13FN4O5. The number of carbonyl (C=O) groups is 2. The maximum atomic E-state index is 13.3. The van der Waals surface area contributed by atoms with E-state index in [0.717, 1.165) is 17.0 Å². The van der Waals surface area contributed by atoms with Crippen molar-refractivity contribution in [2.24, 2.45) is 0 Å². The van der Waals surface area contributed by atoms with Crippen molar-refractivity contribution in [1.82, 2.24) is 9.97 Å². The van der Waals surface area contributed by atoms with Gasteiger partial charge in [0.25, 0.3) is 11.5 Å². The molecule has 0 radical (unpaired) electrons. The van der Waals surface area contributed by atoms with E-state index in [1.165, 1.54) is 54.9 Å². The first-order valence-corrected chi connectivity index (χ1v) is 8.97. The Hall–Kier alpha value is -4.47. The summed E-state index contributed by atoms with van der Waals surface area (Å²) >= 11 is 0. The summed E-state index contributed by atoms with van der Waals surface area (Å²) in [5.74, 6) is -3.24. The molecule has 9 nitrogen and oxygen atoms in total. The normalized spacial score (nSPS) is 17.7. The van der Waals surface area contributed by atoms with Gasteiger partial charge in [0.15, 0.2) is 0 Å². The average Bonchev–Trinajstić information content (AvgIpc) is 3.05. The lowest BCUT2D eigenvalue weighted by Crippen LogP contribution is -2.31. The van der Waals surface area contributed by atoms with Crippen molar-refractivity contribution in [2.75, 3.05) is 4.90 Å². The molecule has 1 aromatic heterocycles. The van der Waals surface area contributed by atoms with Crippen LogP contribution < -0.4 is 4.90 Å². The number of halogens is 1. The highest BCUT2D eigenvalue weighted by molar-refractivity contribution is 6.51. The Bertz CT molecular complexity index is 1230. The minimum absolute atomic E-state index is 0.101. The number of nitro benzene ring substituents is 1. The van der Waals surface area contributed by atoms with E-state index in [9.17, 15) is 29.2 Å². The van der Waals surface area contributed by atoms with Crippen LogP contribution in [0.1, 0.15) is 17.2 Å². The number of hydrogen-bond acceptors (Lipinski definition) is 7. The lowest BCUT2D eigenvalue weighted by Gasteiger charge is -2.23.